The summed E-state index contributed by atoms with van der Waals surface area (Å²) in [7, 11) is 0. The largest absolute Gasteiger partial charge is 0.465 e. The van der Waals surface area contributed by atoms with Crippen molar-refractivity contribution in [1.29, 1.82) is 0 Å². The van der Waals surface area contributed by atoms with Gasteiger partial charge in [0.25, 0.3) is 0 Å². The van der Waals surface area contributed by atoms with E-state index in [1.807, 2.05) is 13.8 Å². The van der Waals surface area contributed by atoms with Gasteiger partial charge in [-0.25, -0.2) is 0 Å². The van der Waals surface area contributed by atoms with E-state index < -0.39 is 0 Å². The van der Waals surface area contributed by atoms with Crippen LogP contribution < -0.4 is 5.32 Å². The maximum atomic E-state index is 11.7. The van der Waals surface area contributed by atoms with Crippen molar-refractivity contribution in [3.63, 3.8) is 0 Å². The van der Waals surface area contributed by atoms with Crippen molar-refractivity contribution in [2.45, 2.75) is 39.3 Å². The predicted octanol–water partition coefficient (Wildman–Crippen LogP) is 0.622. The summed E-state index contributed by atoms with van der Waals surface area (Å²) in [5.41, 5.74) is 0. The monoisotopic (exact) mass is 214 g/mol. The third-order valence-electron chi connectivity index (χ3n) is 2.90. The average Bonchev–Trinajstić information content (AvgIpc) is 2.22. The molecule has 0 aromatic rings. The van der Waals surface area contributed by atoms with E-state index in [1.165, 1.54) is 0 Å². The van der Waals surface area contributed by atoms with Gasteiger partial charge in [-0.15, -0.1) is 0 Å². The number of carbonyl (C=O) groups is 1. The summed E-state index contributed by atoms with van der Waals surface area (Å²) in [4.78, 5) is 14.0. The lowest BCUT2D eigenvalue weighted by Gasteiger charge is -2.38. The van der Waals surface area contributed by atoms with E-state index in [0.29, 0.717) is 12.6 Å². The zero-order valence-electron chi connectivity index (χ0n) is 9.95. The molecule has 1 aliphatic heterocycles. The van der Waals surface area contributed by atoms with Gasteiger partial charge in [0.05, 0.1) is 6.61 Å². The minimum Gasteiger partial charge on any atom is -0.465 e. The third-order valence-corrected chi connectivity index (χ3v) is 2.90. The number of ether oxygens (including phenoxy) is 1. The first-order chi connectivity index (χ1) is 7.20. The van der Waals surface area contributed by atoms with Gasteiger partial charge in [0, 0.05) is 25.7 Å². The Labute approximate surface area is 92.0 Å². The molecule has 2 atom stereocenters. The van der Waals surface area contributed by atoms with Crippen molar-refractivity contribution >= 4 is 5.97 Å². The van der Waals surface area contributed by atoms with Crippen LogP contribution in [0, 0.1) is 0 Å². The Bertz CT molecular complexity index is 209. The molecule has 1 unspecified atom stereocenters. The third kappa shape index (κ3) is 3.18. The minimum atomic E-state index is -0.0752. The Kier molecular flexibility index (Phi) is 5.05. The van der Waals surface area contributed by atoms with Gasteiger partial charge in [0.15, 0.2) is 0 Å². The second-order valence-electron chi connectivity index (χ2n) is 3.97. The van der Waals surface area contributed by atoms with Crippen LogP contribution in [0.2, 0.25) is 0 Å². The molecule has 0 saturated carbocycles. The van der Waals surface area contributed by atoms with Crippen LogP contribution in [-0.4, -0.2) is 49.2 Å². The normalized spacial score (nSPS) is 24.9. The number of hydrogen-bond acceptors (Lipinski definition) is 4. The minimum absolute atomic E-state index is 0.0675. The maximum absolute atomic E-state index is 11.7. The molecule has 4 nitrogen and oxygen atoms in total. The summed E-state index contributed by atoms with van der Waals surface area (Å²) in [6.07, 6.45) is 0.823. The molecule has 1 saturated heterocycles. The quantitative estimate of drug-likeness (QED) is 0.697. The summed E-state index contributed by atoms with van der Waals surface area (Å²) in [6.45, 7) is 9.35. The highest BCUT2D eigenvalue weighted by Gasteiger charge is 2.30. The van der Waals surface area contributed by atoms with E-state index in [-0.39, 0.29) is 12.0 Å². The second kappa shape index (κ2) is 6.08. The van der Waals surface area contributed by atoms with Gasteiger partial charge < -0.3 is 10.1 Å². The van der Waals surface area contributed by atoms with Crippen molar-refractivity contribution in [1.82, 2.24) is 10.2 Å². The molecule has 1 fully saturated rings. The van der Waals surface area contributed by atoms with E-state index in [1.54, 1.807) is 0 Å². The summed E-state index contributed by atoms with van der Waals surface area (Å²) in [6, 6.07) is 0.343. The van der Waals surface area contributed by atoms with Crippen LogP contribution in [0.5, 0.6) is 0 Å². The Morgan fingerprint density at radius 1 is 1.60 bits per heavy atom. The summed E-state index contributed by atoms with van der Waals surface area (Å²) in [5, 5.41) is 3.32. The molecule has 0 bridgehead atoms. The van der Waals surface area contributed by atoms with E-state index in [2.05, 4.69) is 17.1 Å². The first-order valence-electron chi connectivity index (χ1n) is 5.83. The average molecular weight is 214 g/mol. The molecule has 1 rings (SSSR count). The molecule has 0 aromatic carbocycles. The molecule has 4 heteroatoms. The first kappa shape index (κ1) is 12.5. The number of rotatable bonds is 4. The van der Waals surface area contributed by atoms with Gasteiger partial charge in [-0.1, -0.05) is 6.92 Å². The van der Waals surface area contributed by atoms with Crippen molar-refractivity contribution in [3.8, 4) is 0 Å². The van der Waals surface area contributed by atoms with Gasteiger partial charge in [-0.05, 0) is 20.3 Å². The fraction of sp³-hybridized carbons (Fsp3) is 0.909. The van der Waals surface area contributed by atoms with Crippen molar-refractivity contribution in [2.24, 2.45) is 0 Å². The molecular formula is C11H22N2O2. The standard InChI is InChI=1S/C11H22N2O2/c1-4-10(11(14)15-5-2)13-7-6-12-8-9(13)3/h9-10,12H,4-8H2,1-3H3/t9-,10?/m1/s1. The van der Waals surface area contributed by atoms with E-state index in [0.717, 1.165) is 26.1 Å². The van der Waals surface area contributed by atoms with Crippen LogP contribution in [0.15, 0.2) is 0 Å². The van der Waals surface area contributed by atoms with Gasteiger partial charge in [-0.2, -0.15) is 0 Å². The molecule has 15 heavy (non-hydrogen) atoms. The lowest BCUT2D eigenvalue weighted by atomic mass is 10.1. The fourth-order valence-electron chi connectivity index (χ4n) is 2.09. The highest BCUT2D eigenvalue weighted by Crippen LogP contribution is 2.12. The first-order valence-corrected chi connectivity index (χ1v) is 5.83. The number of nitrogens with one attached hydrogen (secondary N) is 1. The predicted molar refractivity (Wildman–Crippen MR) is 59.7 cm³/mol. The van der Waals surface area contributed by atoms with E-state index in [9.17, 15) is 4.79 Å². The van der Waals surface area contributed by atoms with Gasteiger partial charge in [-0.3, -0.25) is 9.69 Å². The van der Waals surface area contributed by atoms with Gasteiger partial charge in [0.1, 0.15) is 6.04 Å². The topological polar surface area (TPSA) is 41.6 Å². The van der Waals surface area contributed by atoms with Crippen molar-refractivity contribution in [2.75, 3.05) is 26.2 Å². The van der Waals surface area contributed by atoms with E-state index in [4.69, 9.17) is 4.74 Å². The number of hydrogen-bond donors (Lipinski definition) is 1. The zero-order valence-corrected chi connectivity index (χ0v) is 9.95. The molecule has 0 aromatic heterocycles. The zero-order chi connectivity index (χ0) is 11.3. The number of esters is 1. The molecule has 0 radical (unpaired) electrons. The van der Waals surface area contributed by atoms with Gasteiger partial charge >= 0.3 is 5.97 Å². The van der Waals surface area contributed by atoms with Gasteiger partial charge in [0.2, 0.25) is 0 Å². The highest BCUT2D eigenvalue weighted by atomic mass is 16.5. The fourth-order valence-corrected chi connectivity index (χ4v) is 2.09. The van der Waals surface area contributed by atoms with Crippen LogP contribution >= 0.6 is 0 Å². The molecule has 0 aliphatic carbocycles. The Morgan fingerprint density at radius 3 is 2.87 bits per heavy atom. The SMILES string of the molecule is CCOC(=O)C(CC)N1CCNC[C@H]1C. The molecule has 1 aliphatic rings. The second-order valence-corrected chi connectivity index (χ2v) is 3.97. The molecular weight excluding hydrogens is 192 g/mol. The Balaban J connectivity index is 2.59. The highest BCUT2D eigenvalue weighted by molar-refractivity contribution is 5.75. The van der Waals surface area contributed by atoms with Crippen LogP contribution in [0.25, 0.3) is 0 Å². The van der Waals surface area contributed by atoms with Crippen LogP contribution in [0.3, 0.4) is 0 Å². The smallest absolute Gasteiger partial charge is 0.323 e. The van der Waals surface area contributed by atoms with Crippen LogP contribution in [-0.2, 0) is 9.53 Å². The molecule has 1 N–H and O–H groups in total. The molecule has 0 spiro atoms. The van der Waals surface area contributed by atoms with Crippen molar-refractivity contribution < 1.29 is 9.53 Å². The molecule has 1 heterocycles. The number of piperazine rings is 1. The lowest BCUT2D eigenvalue weighted by Crippen LogP contribution is -2.56. The van der Waals surface area contributed by atoms with Crippen LogP contribution in [0.4, 0.5) is 0 Å². The van der Waals surface area contributed by atoms with Crippen LogP contribution in [0.1, 0.15) is 27.2 Å². The molecule has 88 valence electrons. The lowest BCUT2D eigenvalue weighted by molar-refractivity contribution is -0.151. The number of nitrogens with zero attached hydrogens (tertiary/aromatic N) is 1. The maximum Gasteiger partial charge on any atom is 0.323 e. The van der Waals surface area contributed by atoms with Crippen molar-refractivity contribution in [3.05, 3.63) is 0 Å². The summed E-state index contributed by atoms with van der Waals surface area (Å²) >= 11 is 0. The Hall–Kier alpha value is -0.610. The molecule has 0 amide bonds. The number of carbonyl (C=O) groups excluding carboxylic acids is 1. The Morgan fingerprint density at radius 2 is 2.33 bits per heavy atom. The summed E-state index contributed by atoms with van der Waals surface area (Å²) in [5.74, 6) is -0.0752. The van der Waals surface area contributed by atoms with E-state index >= 15 is 0 Å². The summed E-state index contributed by atoms with van der Waals surface area (Å²) < 4.78 is 5.10.